The molecule has 0 spiro atoms. The minimum Gasteiger partial charge on any atom is -0.481 e. The quantitative estimate of drug-likeness (QED) is 0.413. The van der Waals surface area contributed by atoms with E-state index in [0.717, 1.165) is 38.5 Å². The molecule has 0 heterocycles. The van der Waals surface area contributed by atoms with Crippen LogP contribution >= 0.6 is 0 Å². The van der Waals surface area contributed by atoms with Crippen molar-refractivity contribution in [3.63, 3.8) is 0 Å². The zero-order chi connectivity index (χ0) is 13.6. The summed E-state index contributed by atoms with van der Waals surface area (Å²) in [5.74, 6) is -1.58. The van der Waals surface area contributed by atoms with Gasteiger partial charge in [-0.1, -0.05) is 44.6 Å². The lowest BCUT2D eigenvalue weighted by molar-refractivity contribution is -0.137. The highest BCUT2D eigenvalue weighted by molar-refractivity contribution is 5.79. The van der Waals surface area contributed by atoms with Crippen LogP contribution in [0, 0.1) is 0 Å². The van der Waals surface area contributed by atoms with Gasteiger partial charge in [0.15, 0.2) is 0 Å². The maximum atomic E-state index is 10.3. The van der Waals surface area contributed by atoms with Crippen molar-refractivity contribution in [2.45, 2.75) is 64.2 Å². The number of carbonyl (C=O) groups is 2. The van der Waals surface area contributed by atoms with E-state index < -0.39 is 11.9 Å². The molecule has 0 aliphatic carbocycles. The third-order valence-electron chi connectivity index (χ3n) is 2.77. The molecule has 0 aromatic carbocycles. The first-order valence-electron chi connectivity index (χ1n) is 6.74. The number of carboxylic acid groups (broad SMARTS) is 2. The summed E-state index contributed by atoms with van der Waals surface area (Å²) >= 11 is 0. The van der Waals surface area contributed by atoms with E-state index in [9.17, 15) is 9.59 Å². The maximum absolute atomic E-state index is 10.3. The summed E-state index contributed by atoms with van der Waals surface area (Å²) in [5, 5.41) is 16.8. The highest BCUT2D eigenvalue weighted by Gasteiger charge is 1.96. The lowest BCUT2D eigenvalue weighted by Crippen LogP contribution is -1.93. The minimum absolute atomic E-state index is 0.288. The van der Waals surface area contributed by atoms with Crippen molar-refractivity contribution >= 4 is 11.9 Å². The Hall–Kier alpha value is -1.32. The zero-order valence-corrected chi connectivity index (χ0v) is 10.9. The van der Waals surface area contributed by atoms with Crippen LogP contribution in [0.3, 0.4) is 0 Å². The van der Waals surface area contributed by atoms with Gasteiger partial charge < -0.3 is 10.2 Å². The van der Waals surface area contributed by atoms with Crippen LogP contribution in [0.2, 0.25) is 0 Å². The van der Waals surface area contributed by atoms with Crippen molar-refractivity contribution in [3.05, 3.63) is 12.2 Å². The van der Waals surface area contributed by atoms with Gasteiger partial charge in [-0.05, 0) is 19.3 Å². The van der Waals surface area contributed by atoms with Crippen molar-refractivity contribution in [2.24, 2.45) is 0 Å². The lowest BCUT2D eigenvalue weighted by Gasteiger charge is -2.00. The van der Waals surface area contributed by atoms with E-state index in [1.807, 2.05) is 0 Å². The van der Waals surface area contributed by atoms with Crippen LogP contribution < -0.4 is 0 Å². The second kappa shape index (κ2) is 12.1. The highest BCUT2D eigenvalue weighted by atomic mass is 16.4. The van der Waals surface area contributed by atoms with Crippen molar-refractivity contribution < 1.29 is 19.8 Å². The minimum atomic E-state index is -0.878. The first kappa shape index (κ1) is 16.7. The Bertz CT molecular complexity index is 259. The molecule has 18 heavy (non-hydrogen) atoms. The van der Waals surface area contributed by atoms with Crippen LogP contribution in [0.25, 0.3) is 0 Å². The van der Waals surface area contributed by atoms with Crippen LogP contribution in [0.5, 0.6) is 0 Å². The Morgan fingerprint density at radius 3 is 1.78 bits per heavy atom. The molecule has 0 unspecified atom stereocenters. The van der Waals surface area contributed by atoms with E-state index >= 15 is 0 Å². The first-order valence-corrected chi connectivity index (χ1v) is 6.74. The molecule has 0 aromatic heterocycles. The van der Waals surface area contributed by atoms with Crippen molar-refractivity contribution in [2.75, 3.05) is 0 Å². The molecule has 0 saturated heterocycles. The van der Waals surface area contributed by atoms with E-state index in [4.69, 9.17) is 10.2 Å². The highest BCUT2D eigenvalue weighted by Crippen LogP contribution is 2.10. The largest absolute Gasteiger partial charge is 0.481 e. The fourth-order valence-corrected chi connectivity index (χ4v) is 1.78. The number of aliphatic carboxylic acids is 2. The van der Waals surface area contributed by atoms with Gasteiger partial charge >= 0.3 is 11.9 Å². The molecule has 0 bridgehead atoms. The number of unbranched alkanes of at least 4 members (excludes halogenated alkanes) is 8. The summed E-state index contributed by atoms with van der Waals surface area (Å²) in [6.07, 6.45) is 12.7. The zero-order valence-electron chi connectivity index (χ0n) is 10.9. The second-order valence-corrected chi connectivity index (χ2v) is 4.50. The number of carboxylic acids is 2. The molecule has 0 atom stereocenters. The molecule has 104 valence electrons. The average Bonchev–Trinajstić information content (AvgIpc) is 2.29. The summed E-state index contributed by atoms with van der Waals surface area (Å²) in [7, 11) is 0. The second-order valence-electron chi connectivity index (χ2n) is 4.50. The SMILES string of the molecule is O=C(O)/C=C/CCCCCCCCCCC(=O)O. The number of allylic oxidation sites excluding steroid dienone is 1. The van der Waals surface area contributed by atoms with Gasteiger partial charge in [0.25, 0.3) is 0 Å². The molecule has 0 aliphatic rings. The summed E-state index contributed by atoms with van der Waals surface area (Å²) in [6, 6.07) is 0. The van der Waals surface area contributed by atoms with E-state index in [1.54, 1.807) is 6.08 Å². The van der Waals surface area contributed by atoms with Crippen molar-refractivity contribution in [1.82, 2.24) is 0 Å². The Morgan fingerprint density at radius 1 is 0.778 bits per heavy atom. The summed E-state index contributed by atoms with van der Waals surface area (Å²) in [4.78, 5) is 20.4. The number of hydrogen-bond acceptors (Lipinski definition) is 2. The van der Waals surface area contributed by atoms with E-state index in [0.29, 0.717) is 0 Å². The van der Waals surface area contributed by atoms with Gasteiger partial charge in [-0.3, -0.25) is 4.79 Å². The lowest BCUT2D eigenvalue weighted by atomic mass is 10.1. The standard InChI is InChI=1S/C14H24O4/c15-13(16)11-9-7-5-3-1-2-4-6-8-10-12-14(17)18/h9,11H,1-8,10,12H2,(H,15,16)(H,17,18)/b11-9+. The van der Waals surface area contributed by atoms with Gasteiger partial charge in [-0.15, -0.1) is 0 Å². The van der Waals surface area contributed by atoms with Crippen molar-refractivity contribution in [1.29, 1.82) is 0 Å². The van der Waals surface area contributed by atoms with E-state index in [-0.39, 0.29) is 6.42 Å². The Balaban J connectivity index is 3.07. The summed E-state index contributed by atoms with van der Waals surface area (Å²) in [6.45, 7) is 0. The van der Waals surface area contributed by atoms with Crippen LogP contribution in [0.4, 0.5) is 0 Å². The molecular formula is C14H24O4. The smallest absolute Gasteiger partial charge is 0.327 e. The summed E-state index contributed by atoms with van der Waals surface area (Å²) in [5.41, 5.74) is 0. The average molecular weight is 256 g/mol. The van der Waals surface area contributed by atoms with Crippen LogP contribution in [0.1, 0.15) is 64.2 Å². The molecule has 0 aliphatic heterocycles. The van der Waals surface area contributed by atoms with E-state index in [2.05, 4.69) is 0 Å². The topological polar surface area (TPSA) is 74.6 Å². The van der Waals surface area contributed by atoms with Gasteiger partial charge in [0, 0.05) is 12.5 Å². The third kappa shape index (κ3) is 14.7. The van der Waals surface area contributed by atoms with Crippen LogP contribution in [-0.4, -0.2) is 22.2 Å². The Morgan fingerprint density at radius 2 is 1.28 bits per heavy atom. The molecule has 0 saturated carbocycles. The number of rotatable bonds is 12. The van der Waals surface area contributed by atoms with Gasteiger partial charge in [-0.25, -0.2) is 4.79 Å². The fraction of sp³-hybridized carbons (Fsp3) is 0.714. The maximum Gasteiger partial charge on any atom is 0.327 e. The van der Waals surface area contributed by atoms with Crippen molar-refractivity contribution in [3.8, 4) is 0 Å². The third-order valence-corrected chi connectivity index (χ3v) is 2.77. The molecule has 4 heteroatoms. The molecule has 0 amide bonds. The van der Waals surface area contributed by atoms with Gasteiger partial charge in [0.05, 0.1) is 0 Å². The summed E-state index contributed by atoms with van der Waals surface area (Å²) < 4.78 is 0. The van der Waals surface area contributed by atoms with Crippen LogP contribution in [0.15, 0.2) is 12.2 Å². The van der Waals surface area contributed by atoms with Gasteiger partial charge in [-0.2, -0.15) is 0 Å². The Labute approximate surface area is 109 Å². The molecule has 2 N–H and O–H groups in total. The number of hydrogen-bond donors (Lipinski definition) is 2. The molecule has 4 nitrogen and oxygen atoms in total. The molecule has 0 aromatic rings. The predicted octanol–water partition coefficient (Wildman–Crippen LogP) is 3.61. The van der Waals surface area contributed by atoms with E-state index in [1.165, 1.54) is 25.3 Å². The fourth-order valence-electron chi connectivity index (χ4n) is 1.78. The Kier molecular flexibility index (Phi) is 11.3. The predicted molar refractivity (Wildman–Crippen MR) is 70.6 cm³/mol. The van der Waals surface area contributed by atoms with Crippen LogP contribution in [-0.2, 0) is 9.59 Å². The normalized spacial score (nSPS) is 10.9. The van der Waals surface area contributed by atoms with Gasteiger partial charge in [0.1, 0.15) is 0 Å². The monoisotopic (exact) mass is 256 g/mol. The molecule has 0 rings (SSSR count). The molecule has 0 radical (unpaired) electrons. The molecule has 0 fully saturated rings. The van der Waals surface area contributed by atoms with Gasteiger partial charge in [0.2, 0.25) is 0 Å². The molecular weight excluding hydrogens is 232 g/mol. The first-order chi connectivity index (χ1) is 8.63.